The van der Waals surface area contributed by atoms with Crippen LogP contribution in [0.1, 0.15) is 33.4 Å². The Morgan fingerprint density at radius 3 is 2.76 bits per heavy atom. The highest BCUT2D eigenvalue weighted by Crippen LogP contribution is 2.36. The van der Waals surface area contributed by atoms with E-state index in [1.54, 1.807) is 12.3 Å². The Bertz CT molecular complexity index is 1380. The molecular formula is C20H13Cl2F3N4O4. The third-order valence-electron chi connectivity index (χ3n) is 4.66. The number of halogens is 5. The minimum absolute atomic E-state index is 0.0312. The van der Waals surface area contributed by atoms with E-state index in [4.69, 9.17) is 27.6 Å². The lowest BCUT2D eigenvalue weighted by molar-refractivity contribution is -0.198. The number of hydrogen-bond acceptors (Lipinski definition) is 6. The summed E-state index contributed by atoms with van der Waals surface area (Å²) in [6, 6.07) is 4.15. The van der Waals surface area contributed by atoms with Crippen LogP contribution in [-0.2, 0) is 11.3 Å². The van der Waals surface area contributed by atoms with Crippen LogP contribution in [-0.4, -0.2) is 38.8 Å². The highest BCUT2D eigenvalue weighted by atomic mass is 35.5. The summed E-state index contributed by atoms with van der Waals surface area (Å²) < 4.78 is 49.9. The van der Waals surface area contributed by atoms with Gasteiger partial charge in [0.2, 0.25) is 0 Å². The summed E-state index contributed by atoms with van der Waals surface area (Å²) >= 11 is 12.3. The van der Waals surface area contributed by atoms with Gasteiger partial charge in [0, 0.05) is 22.8 Å². The molecule has 0 saturated heterocycles. The molecule has 0 saturated carbocycles. The number of aromatic nitrogens is 3. The number of amides is 1. The second-order valence-electron chi connectivity index (χ2n) is 6.89. The van der Waals surface area contributed by atoms with E-state index in [1.807, 2.05) is 0 Å². The quantitative estimate of drug-likeness (QED) is 0.394. The van der Waals surface area contributed by atoms with Crippen LogP contribution >= 0.6 is 23.2 Å². The monoisotopic (exact) mass is 500 g/mol. The average molecular weight is 501 g/mol. The minimum Gasteiger partial charge on any atom is -0.457 e. The molecule has 1 N–H and O–H groups in total. The summed E-state index contributed by atoms with van der Waals surface area (Å²) in [5.74, 6) is -1.74. The van der Waals surface area contributed by atoms with Crippen LogP contribution in [0.15, 0.2) is 41.2 Å². The van der Waals surface area contributed by atoms with Gasteiger partial charge in [-0.1, -0.05) is 23.2 Å². The largest absolute Gasteiger partial charge is 0.457 e. The van der Waals surface area contributed by atoms with Crippen LogP contribution in [0.25, 0.3) is 16.6 Å². The van der Waals surface area contributed by atoms with Gasteiger partial charge in [-0.2, -0.15) is 18.3 Å². The van der Waals surface area contributed by atoms with E-state index in [2.05, 4.69) is 20.1 Å². The molecule has 1 aromatic carbocycles. The van der Waals surface area contributed by atoms with Crippen molar-refractivity contribution in [1.29, 1.82) is 0 Å². The Labute approximate surface area is 193 Å². The normalized spacial score (nSPS) is 12.8. The number of nitrogens with one attached hydrogen (secondary N) is 1. The predicted molar refractivity (Wildman–Crippen MR) is 111 cm³/mol. The number of carbonyl (C=O) groups excluding carboxylic acids is 2. The molecule has 0 aliphatic carbocycles. The lowest BCUT2D eigenvalue weighted by Crippen LogP contribution is -2.30. The molecule has 3 aromatic heterocycles. The fourth-order valence-corrected chi connectivity index (χ4v) is 3.45. The standard InChI is InChI=1S/C20H13Cl2F3N4O4/c1-9(20(23,24)25)32-19(31)12-6-10(21)5-11-15(22)14(33-16(11)12)8-27-18(30)13-7-28-29-4-2-3-26-17(13)29/h2-7,9H,8H2,1H3,(H,27,30). The number of furan rings is 1. The Morgan fingerprint density at radius 2 is 2.03 bits per heavy atom. The van der Waals surface area contributed by atoms with Gasteiger partial charge in [0.1, 0.15) is 16.9 Å². The van der Waals surface area contributed by atoms with Crippen LogP contribution in [0, 0.1) is 0 Å². The fraction of sp³-hybridized carbons (Fsp3) is 0.200. The second-order valence-corrected chi connectivity index (χ2v) is 7.70. The van der Waals surface area contributed by atoms with Crippen molar-refractivity contribution in [3.05, 3.63) is 63.7 Å². The van der Waals surface area contributed by atoms with Gasteiger partial charge in [0.15, 0.2) is 17.3 Å². The SMILES string of the molecule is CC(OC(=O)c1cc(Cl)cc2c(Cl)c(CNC(=O)c3cnn4cccnc34)oc12)C(F)(F)F. The maximum Gasteiger partial charge on any atom is 0.425 e. The summed E-state index contributed by atoms with van der Waals surface area (Å²) in [5, 5.41) is 6.87. The van der Waals surface area contributed by atoms with Crippen molar-refractivity contribution in [3.8, 4) is 0 Å². The molecule has 13 heteroatoms. The third kappa shape index (κ3) is 4.46. The Balaban J connectivity index is 1.60. The number of alkyl halides is 3. The summed E-state index contributed by atoms with van der Waals surface area (Å²) in [6.07, 6.45) is -2.61. The number of rotatable bonds is 5. The van der Waals surface area contributed by atoms with Gasteiger partial charge in [-0.15, -0.1) is 0 Å². The lowest BCUT2D eigenvalue weighted by Gasteiger charge is -2.16. The number of ether oxygens (including phenoxy) is 1. The Hall–Kier alpha value is -3.31. The molecule has 0 aliphatic heterocycles. The molecule has 3 heterocycles. The average Bonchev–Trinajstić information content (AvgIpc) is 3.32. The van der Waals surface area contributed by atoms with Crippen LogP contribution < -0.4 is 5.32 Å². The van der Waals surface area contributed by atoms with Crippen LogP contribution in [0.5, 0.6) is 0 Å². The number of nitrogens with zero attached hydrogens (tertiary/aromatic N) is 3. The van der Waals surface area contributed by atoms with Gasteiger partial charge >= 0.3 is 12.1 Å². The van der Waals surface area contributed by atoms with Crippen molar-refractivity contribution in [2.24, 2.45) is 0 Å². The van der Waals surface area contributed by atoms with Crippen molar-refractivity contribution in [1.82, 2.24) is 19.9 Å². The van der Waals surface area contributed by atoms with Crippen molar-refractivity contribution < 1.29 is 31.9 Å². The topological polar surface area (TPSA) is 98.7 Å². The molecule has 1 unspecified atom stereocenters. The molecule has 1 atom stereocenters. The van der Waals surface area contributed by atoms with Gasteiger partial charge < -0.3 is 14.5 Å². The van der Waals surface area contributed by atoms with Crippen molar-refractivity contribution in [2.75, 3.05) is 0 Å². The predicted octanol–water partition coefficient (Wildman–Crippen LogP) is 4.82. The van der Waals surface area contributed by atoms with E-state index in [-0.39, 0.29) is 44.4 Å². The van der Waals surface area contributed by atoms with E-state index >= 15 is 0 Å². The molecule has 4 rings (SSSR count). The molecule has 172 valence electrons. The zero-order valence-electron chi connectivity index (χ0n) is 16.6. The Morgan fingerprint density at radius 1 is 1.27 bits per heavy atom. The van der Waals surface area contributed by atoms with E-state index in [0.29, 0.717) is 12.6 Å². The first-order valence-electron chi connectivity index (χ1n) is 9.31. The molecule has 33 heavy (non-hydrogen) atoms. The summed E-state index contributed by atoms with van der Waals surface area (Å²) in [5.41, 5.74) is 0.0863. The summed E-state index contributed by atoms with van der Waals surface area (Å²) in [7, 11) is 0. The number of benzene rings is 1. The summed E-state index contributed by atoms with van der Waals surface area (Å²) in [6.45, 7) is 0.507. The van der Waals surface area contributed by atoms with Crippen LogP contribution in [0.3, 0.4) is 0 Å². The van der Waals surface area contributed by atoms with E-state index in [9.17, 15) is 22.8 Å². The lowest BCUT2D eigenvalue weighted by atomic mass is 10.1. The van der Waals surface area contributed by atoms with Crippen molar-refractivity contribution >= 4 is 51.7 Å². The number of hydrogen-bond donors (Lipinski definition) is 1. The van der Waals surface area contributed by atoms with Gasteiger partial charge in [-0.05, 0) is 25.1 Å². The molecule has 4 aromatic rings. The molecule has 0 fully saturated rings. The fourth-order valence-electron chi connectivity index (χ4n) is 2.98. The van der Waals surface area contributed by atoms with Gasteiger partial charge in [-0.25, -0.2) is 14.3 Å². The molecule has 0 spiro atoms. The van der Waals surface area contributed by atoms with E-state index in [1.165, 1.54) is 23.0 Å². The van der Waals surface area contributed by atoms with Crippen molar-refractivity contribution in [2.45, 2.75) is 25.7 Å². The first-order chi connectivity index (χ1) is 15.6. The Kier molecular flexibility index (Phi) is 5.93. The highest BCUT2D eigenvalue weighted by Gasteiger charge is 2.39. The van der Waals surface area contributed by atoms with Crippen molar-refractivity contribution in [3.63, 3.8) is 0 Å². The van der Waals surface area contributed by atoms with E-state index < -0.39 is 24.2 Å². The highest BCUT2D eigenvalue weighted by molar-refractivity contribution is 6.38. The minimum atomic E-state index is -4.74. The number of carbonyl (C=O) groups is 2. The molecule has 0 radical (unpaired) electrons. The van der Waals surface area contributed by atoms with Crippen LogP contribution in [0.4, 0.5) is 13.2 Å². The smallest absolute Gasteiger partial charge is 0.425 e. The first-order valence-corrected chi connectivity index (χ1v) is 10.1. The third-order valence-corrected chi connectivity index (χ3v) is 5.29. The maximum absolute atomic E-state index is 12.8. The maximum atomic E-state index is 12.8. The first kappa shape index (κ1) is 22.9. The van der Waals surface area contributed by atoms with Crippen LogP contribution in [0.2, 0.25) is 10.0 Å². The zero-order valence-corrected chi connectivity index (χ0v) is 18.1. The van der Waals surface area contributed by atoms with Gasteiger partial charge in [0.05, 0.1) is 17.8 Å². The molecule has 1 amide bonds. The molecule has 0 aliphatic rings. The van der Waals surface area contributed by atoms with E-state index in [0.717, 1.165) is 6.07 Å². The van der Waals surface area contributed by atoms with Gasteiger partial charge in [0.25, 0.3) is 5.91 Å². The number of esters is 1. The molecule has 0 bridgehead atoms. The molecular weight excluding hydrogens is 488 g/mol. The number of fused-ring (bicyclic) bond motifs is 2. The molecule has 8 nitrogen and oxygen atoms in total. The zero-order chi connectivity index (χ0) is 23.9. The van der Waals surface area contributed by atoms with Gasteiger partial charge in [-0.3, -0.25) is 4.79 Å². The second kappa shape index (κ2) is 8.56. The summed E-state index contributed by atoms with van der Waals surface area (Å²) in [4.78, 5) is 29.0.